The van der Waals surface area contributed by atoms with Crippen molar-refractivity contribution >= 4 is 0 Å². The molecule has 0 aromatic heterocycles. The summed E-state index contributed by atoms with van der Waals surface area (Å²) >= 11 is 0. The summed E-state index contributed by atoms with van der Waals surface area (Å²) in [4.78, 5) is 2.28. The van der Waals surface area contributed by atoms with E-state index >= 15 is 0 Å². The second kappa shape index (κ2) is 10.8. The van der Waals surface area contributed by atoms with Crippen LogP contribution in [0.15, 0.2) is 18.2 Å². The van der Waals surface area contributed by atoms with Gasteiger partial charge in [-0.3, -0.25) is 4.90 Å². The molecule has 0 fully saturated rings. The van der Waals surface area contributed by atoms with Crippen LogP contribution in [0.2, 0.25) is 0 Å². The van der Waals surface area contributed by atoms with E-state index in [1.807, 2.05) is 39.0 Å². The van der Waals surface area contributed by atoms with Crippen LogP contribution in [0.5, 0.6) is 11.5 Å². The highest BCUT2D eigenvalue weighted by Gasteiger charge is 2.17. The lowest BCUT2D eigenvalue weighted by atomic mass is 10.1. The SMILES string of the molecule is COc1ccc(CN(CCC(C)C)C[C@@H](O)COC(C)(C)C)cc1OC. The zero-order valence-electron chi connectivity index (χ0n) is 17.5. The molecule has 0 spiro atoms. The third-order valence-corrected chi connectivity index (χ3v) is 4.05. The lowest BCUT2D eigenvalue weighted by Crippen LogP contribution is -2.37. The number of benzene rings is 1. The van der Waals surface area contributed by atoms with Crippen LogP contribution in [-0.2, 0) is 11.3 Å². The Balaban J connectivity index is 2.76. The maximum Gasteiger partial charge on any atom is 0.161 e. The predicted octanol–water partition coefficient (Wildman–Crippen LogP) is 3.73. The Kier molecular flexibility index (Phi) is 9.41. The second-order valence-corrected chi connectivity index (χ2v) is 8.18. The molecule has 1 atom stereocenters. The Bertz CT molecular complexity index is 525. The predicted molar refractivity (Wildman–Crippen MR) is 106 cm³/mol. The monoisotopic (exact) mass is 367 g/mol. The molecule has 0 aliphatic carbocycles. The fraction of sp³-hybridized carbons (Fsp3) is 0.714. The summed E-state index contributed by atoms with van der Waals surface area (Å²) in [7, 11) is 3.28. The average molecular weight is 368 g/mol. The number of rotatable bonds is 11. The summed E-state index contributed by atoms with van der Waals surface area (Å²) in [5.74, 6) is 2.07. The molecule has 1 aromatic rings. The summed E-state index contributed by atoms with van der Waals surface area (Å²) in [6.45, 7) is 13.0. The lowest BCUT2D eigenvalue weighted by Gasteiger charge is -2.28. The zero-order chi connectivity index (χ0) is 19.7. The van der Waals surface area contributed by atoms with E-state index in [0.717, 1.165) is 36.6 Å². The van der Waals surface area contributed by atoms with Gasteiger partial charge in [-0.2, -0.15) is 0 Å². The first-order valence-corrected chi connectivity index (χ1v) is 9.40. The van der Waals surface area contributed by atoms with E-state index in [9.17, 15) is 5.11 Å². The molecule has 0 aliphatic rings. The topological polar surface area (TPSA) is 51.2 Å². The molecular formula is C21H37NO4. The summed E-state index contributed by atoms with van der Waals surface area (Å²) in [6, 6.07) is 5.97. The minimum absolute atomic E-state index is 0.243. The van der Waals surface area contributed by atoms with Crippen LogP contribution in [0.25, 0.3) is 0 Å². The number of hydrogen-bond acceptors (Lipinski definition) is 5. The fourth-order valence-electron chi connectivity index (χ4n) is 2.61. The highest BCUT2D eigenvalue weighted by atomic mass is 16.5. The number of methoxy groups -OCH3 is 2. The Hall–Kier alpha value is -1.30. The molecule has 0 heterocycles. The van der Waals surface area contributed by atoms with Gasteiger partial charge < -0.3 is 19.3 Å². The van der Waals surface area contributed by atoms with Crippen molar-refractivity contribution in [2.75, 3.05) is 33.9 Å². The molecule has 0 amide bonds. The van der Waals surface area contributed by atoms with E-state index in [0.29, 0.717) is 19.1 Å². The molecule has 0 radical (unpaired) electrons. The number of ether oxygens (including phenoxy) is 3. The molecule has 1 aromatic carbocycles. The third kappa shape index (κ3) is 8.88. The van der Waals surface area contributed by atoms with Gasteiger partial charge in [0, 0.05) is 13.1 Å². The average Bonchev–Trinajstić information content (AvgIpc) is 2.57. The van der Waals surface area contributed by atoms with Gasteiger partial charge in [0.05, 0.1) is 32.5 Å². The Morgan fingerprint density at radius 3 is 2.27 bits per heavy atom. The minimum atomic E-state index is -0.512. The van der Waals surface area contributed by atoms with Gasteiger partial charge in [-0.1, -0.05) is 19.9 Å². The second-order valence-electron chi connectivity index (χ2n) is 8.18. The Labute approximate surface area is 159 Å². The van der Waals surface area contributed by atoms with Crippen molar-refractivity contribution in [3.63, 3.8) is 0 Å². The first-order chi connectivity index (χ1) is 12.1. The number of hydrogen-bond donors (Lipinski definition) is 1. The third-order valence-electron chi connectivity index (χ3n) is 4.05. The van der Waals surface area contributed by atoms with Gasteiger partial charge in [-0.15, -0.1) is 0 Å². The summed E-state index contributed by atoms with van der Waals surface area (Å²) < 4.78 is 16.4. The fourth-order valence-corrected chi connectivity index (χ4v) is 2.61. The van der Waals surface area contributed by atoms with Gasteiger partial charge >= 0.3 is 0 Å². The van der Waals surface area contributed by atoms with Crippen molar-refractivity contribution in [2.24, 2.45) is 5.92 Å². The van der Waals surface area contributed by atoms with Crippen molar-refractivity contribution in [2.45, 2.75) is 59.3 Å². The van der Waals surface area contributed by atoms with E-state index < -0.39 is 6.10 Å². The van der Waals surface area contributed by atoms with Gasteiger partial charge in [0.1, 0.15) is 0 Å². The van der Waals surface area contributed by atoms with E-state index in [2.05, 4.69) is 18.7 Å². The molecule has 5 heteroatoms. The van der Waals surface area contributed by atoms with E-state index in [4.69, 9.17) is 14.2 Å². The molecule has 5 nitrogen and oxygen atoms in total. The lowest BCUT2D eigenvalue weighted by molar-refractivity contribution is -0.0568. The van der Waals surface area contributed by atoms with Crippen molar-refractivity contribution in [1.29, 1.82) is 0 Å². The summed E-state index contributed by atoms with van der Waals surface area (Å²) in [5.41, 5.74) is 0.892. The first-order valence-electron chi connectivity index (χ1n) is 9.40. The van der Waals surface area contributed by atoms with Gasteiger partial charge in [0.2, 0.25) is 0 Å². The zero-order valence-corrected chi connectivity index (χ0v) is 17.5. The maximum atomic E-state index is 10.4. The van der Waals surface area contributed by atoms with Crippen molar-refractivity contribution in [3.8, 4) is 11.5 Å². The number of aliphatic hydroxyl groups is 1. The van der Waals surface area contributed by atoms with Gasteiger partial charge in [0.25, 0.3) is 0 Å². The molecule has 0 aliphatic heterocycles. The van der Waals surface area contributed by atoms with Crippen LogP contribution < -0.4 is 9.47 Å². The molecule has 1 rings (SSSR count). The molecule has 0 unspecified atom stereocenters. The number of aliphatic hydroxyl groups excluding tert-OH is 1. The van der Waals surface area contributed by atoms with Crippen molar-refractivity contribution < 1.29 is 19.3 Å². The molecular weight excluding hydrogens is 330 g/mol. The first kappa shape index (κ1) is 22.7. The van der Waals surface area contributed by atoms with E-state index in [-0.39, 0.29) is 5.60 Å². The highest BCUT2D eigenvalue weighted by Crippen LogP contribution is 2.28. The van der Waals surface area contributed by atoms with Crippen LogP contribution in [0.4, 0.5) is 0 Å². The summed E-state index contributed by atoms with van der Waals surface area (Å²) in [6.07, 6.45) is 0.571. The molecule has 1 N–H and O–H groups in total. The molecule has 26 heavy (non-hydrogen) atoms. The van der Waals surface area contributed by atoms with E-state index in [1.54, 1.807) is 14.2 Å². The van der Waals surface area contributed by atoms with Crippen LogP contribution in [0.3, 0.4) is 0 Å². The van der Waals surface area contributed by atoms with Crippen molar-refractivity contribution in [1.82, 2.24) is 4.90 Å². The quantitative estimate of drug-likeness (QED) is 0.646. The van der Waals surface area contributed by atoms with E-state index in [1.165, 1.54) is 0 Å². The smallest absolute Gasteiger partial charge is 0.161 e. The molecule has 0 saturated heterocycles. The van der Waals surface area contributed by atoms with Gasteiger partial charge in [0.15, 0.2) is 11.5 Å². The van der Waals surface area contributed by atoms with Crippen LogP contribution in [0, 0.1) is 5.92 Å². The Morgan fingerprint density at radius 2 is 1.73 bits per heavy atom. The maximum absolute atomic E-state index is 10.4. The molecule has 150 valence electrons. The highest BCUT2D eigenvalue weighted by molar-refractivity contribution is 5.42. The van der Waals surface area contributed by atoms with Gasteiger partial charge in [-0.25, -0.2) is 0 Å². The van der Waals surface area contributed by atoms with Gasteiger partial charge in [-0.05, 0) is 57.4 Å². The molecule has 0 bridgehead atoms. The van der Waals surface area contributed by atoms with Crippen molar-refractivity contribution in [3.05, 3.63) is 23.8 Å². The normalized spacial score (nSPS) is 13.3. The summed E-state index contributed by atoms with van der Waals surface area (Å²) in [5, 5.41) is 10.4. The van der Waals surface area contributed by atoms with Crippen LogP contribution in [0.1, 0.15) is 46.6 Å². The standard InChI is InChI=1S/C21H37NO4/c1-16(2)10-11-22(14-18(23)15-26-21(3,4)5)13-17-8-9-19(24-6)20(12-17)25-7/h8-9,12,16,18,23H,10-11,13-15H2,1-7H3/t18-/m1/s1. The largest absolute Gasteiger partial charge is 0.493 e. The van der Waals surface area contributed by atoms with Crippen LogP contribution >= 0.6 is 0 Å². The van der Waals surface area contributed by atoms with Crippen LogP contribution in [-0.4, -0.2) is 55.6 Å². The Morgan fingerprint density at radius 1 is 1.08 bits per heavy atom. The molecule has 0 saturated carbocycles. The minimum Gasteiger partial charge on any atom is -0.493 e. The number of nitrogens with zero attached hydrogens (tertiary/aromatic N) is 1.